The van der Waals surface area contributed by atoms with E-state index in [1.54, 1.807) is 25.2 Å². The molecule has 1 atom stereocenters. The van der Waals surface area contributed by atoms with Gasteiger partial charge in [0.25, 0.3) is 0 Å². The largest absolute Gasteiger partial charge is 0.398 e. The monoisotopic (exact) mass is 304 g/mol. The van der Waals surface area contributed by atoms with Crippen LogP contribution in [0.1, 0.15) is 6.42 Å². The Morgan fingerprint density at radius 3 is 2.88 bits per heavy atom. The highest BCUT2D eigenvalue weighted by Gasteiger charge is 2.10. The van der Waals surface area contributed by atoms with Crippen LogP contribution in [0.3, 0.4) is 0 Å². The van der Waals surface area contributed by atoms with Crippen LogP contribution in [-0.4, -0.2) is 22.9 Å². The van der Waals surface area contributed by atoms with E-state index >= 15 is 0 Å². The van der Waals surface area contributed by atoms with E-state index in [1.165, 1.54) is 0 Å². The highest BCUT2D eigenvalue weighted by atomic mass is 79.9. The Labute approximate surface area is 105 Å². The van der Waals surface area contributed by atoms with Crippen molar-refractivity contribution in [1.82, 2.24) is 5.32 Å². The maximum absolute atomic E-state index is 11.9. The molecule has 1 aromatic rings. The Bertz CT molecular complexity index is 423. The molecule has 3 N–H and O–H groups in total. The molecule has 0 saturated carbocycles. The van der Waals surface area contributed by atoms with E-state index in [1.807, 2.05) is 0 Å². The fourth-order valence-corrected chi connectivity index (χ4v) is 2.82. The third kappa shape index (κ3) is 3.61. The van der Waals surface area contributed by atoms with E-state index in [0.29, 0.717) is 10.6 Å². The molecule has 4 nitrogen and oxygen atoms in total. The molecule has 0 aliphatic rings. The lowest BCUT2D eigenvalue weighted by Gasteiger charge is -2.06. The van der Waals surface area contributed by atoms with Gasteiger partial charge in [0.15, 0.2) is 0 Å². The average molecular weight is 305 g/mol. The van der Waals surface area contributed by atoms with Crippen molar-refractivity contribution in [3.05, 3.63) is 22.7 Å². The van der Waals surface area contributed by atoms with Crippen LogP contribution in [0.2, 0.25) is 0 Å². The van der Waals surface area contributed by atoms with E-state index in [4.69, 9.17) is 5.73 Å². The number of benzene rings is 1. The third-order valence-electron chi connectivity index (χ3n) is 2.01. The van der Waals surface area contributed by atoms with Gasteiger partial charge in [-0.15, -0.1) is 0 Å². The first-order valence-electron chi connectivity index (χ1n) is 4.68. The molecule has 88 valence electrons. The summed E-state index contributed by atoms with van der Waals surface area (Å²) in [4.78, 5) is 11.6. The summed E-state index contributed by atoms with van der Waals surface area (Å²) in [6.07, 6.45) is 0.231. The maximum Gasteiger partial charge on any atom is 0.220 e. The molecule has 0 spiro atoms. The average Bonchev–Trinajstić information content (AvgIpc) is 2.28. The number of hydrogen-bond acceptors (Lipinski definition) is 3. The Balaban J connectivity index is 2.73. The molecule has 0 radical (unpaired) electrons. The van der Waals surface area contributed by atoms with Crippen molar-refractivity contribution in [2.45, 2.75) is 11.3 Å². The number of amides is 1. The number of anilines is 1. The number of rotatable bonds is 4. The van der Waals surface area contributed by atoms with Gasteiger partial charge in [-0.25, -0.2) is 0 Å². The summed E-state index contributed by atoms with van der Waals surface area (Å²) in [6, 6.07) is 5.20. The van der Waals surface area contributed by atoms with Gasteiger partial charge in [-0.1, -0.05) is 15.9 Å². The van der Waals surface area contributed by atoms with E-state index in [2.05, 4.69) is 21.2 Å². The first-order chi connectivity index (χ1) is 7.54. The molecule has 1 amide bonds. The van der Waals surface area contributed by atoms with Crippen molar-refractivity contribution in [2.24, 2.45) is 0 Å². The summed E-state index contributed by atoms with van der Waals surface area (Å²) in [7, 11) is 0.311. The zero-order valence-corrected chi connectivity index (χ0v) is 11.2. The fraction of sp³-hybridized carbons (Fsp3) is 0.300. The highest BCUT2D eigenvalue weighted by Crippen LogP contribution is 2.22. The van der Waals surface area contributed by atoms with Crippen LogP contribution < -0.4 is 11.1 Å². The molecule has 1 rings (SSSR count). The molecule has 0 aromatic heterocycles. The quantitative estimate of drug-likeness (QED) is 0.823. The topological polar surface area (TPSA) is 72.2 Å². The SMILES string of the molecule is CNC(=O)CCS(=O)c1cc(Br)ccc1N. The summed E-state index contributed by atoms with van der Waals surface area (Å²) >= 11 is 3.29. The molecule has 0 aliphatic carbocycles. The van der Waals surface area contributed by atoms with E-state index in [9.17, 15) is 9.00 Å². The minimum atomic E-state index is -1.24. The normalized spacial score (nSPS) is 12.1. The van der Waals surface area contributed by atoms with Gasteiger partial charge < -0.3 is 11.1 Å². The van der Waals surface area contributed by atoms with E-state index < -0.39 is 10.8 Å². The fourth-order valence-electron chi connectivity index (χ4n) is 1.13. The van der Waals surface area contributed by atoms with Crippen LogP contribution in [-0.2, 0) is 15.6 Å². The van der Waals surface area contributed by atoms with Crippen molar-refractivity contribution in [3.63, 3.8) is 0 Å². The second kappa shape index (κ2) is 6.00. The summed E-state index contributed by atoms with van der Waals surface area (Å²) in [5, 5.41) is 2.48. The number of nitrogen functional groups attached to an aromatic ring is 1. The van der Waals surface area contributed by atoms with Gasteiger partial charge in [-0.3, -0.25) is 9.00 Å². The van der Waals surface area contributed by atoms with E-state index in [-0.39, 0.29) is 18.1 Å². The maximum atomic E-state index is 11.9. The Morgan fingerprint density at radius 2 is 2.25 bits per heavy atom. The standard InChI is InChI=1S/C10H13BrN2O2S/c1-13-10(14)4-5-16(15)9-6-7(11)2-3-8(9)12/h2-3,6H,4-5,12H2,1H3,(H,13,14). The molecular formula is C10H13BrN2O2S. The predicted molar refractivity (Wildman–Crippen MR) is 68.5 cm³/mol. The molecule has 1 unspecified atom stereocenters. The molecule has 16 heavy (non-hydrogen) atoms. The molecule has 0 saturated heterocycles. The minimum absolute atomic E-state index is 0.123. The molecular weight excluding hydrogens is 292 g/mol. The van der Waals surface area contributed by atoms with Crippen molar-refractivity contribution in [2.75, 3.05) is 18.5 Å². The highest BCUT2D eigenvalue weighted by molar-refractivity contribution is 9.10. The van der Waals surface area contributed by atoms with Gasteiger partial charge in [0.1, 0.15) is 0 Å². The number of halogens is 1. The van der Waals surface area contributed by atoms with Gasteiger partial charge in [0, 0.05) is 29.4 Å². The molecule has 0 heterocycles. The Hall–Kier alpha value is -0.880. The van der Waals surface area contributed by atoms with Crippen LogP contribution in [0.5, 0.6) is 0 Å². The van der Waals surface area contributed by atoms with Gasteiger partial charge in [0.05, 0.1) is 15.7 Å². The summed E-state index contributed by atoms with van der Waals surface area (Å²) in [6.45, 7) is 0. The van der Waals surface area contributed by atoms with Crippen LogP contribution in [0.4, 0.5) is 5.69 Å². The Morgan fingerprint density at radius 1 is 1.56 bits per heavy atom. The van der Waals surface area contributed by atoms with Crippen LogP contribution in [0.25, 0.3) is 0 Å². The molecule has 0 fully saturated rings. The first-order valence-corrected chi connectivity index (χ1v) is 6.79. The molecule has 0 aliphatic heterocycles. The zero-order chi connectivity index (χ0) is 12.1. The molecule has 0 bridgehead atoms. The first kappa shape index (κ1) is 13.2. The van der Waals surface area contributed by atoms with Gasteiger partial charge >= 0.3 is 0 Å². The number of nitrogens with one attached hydrogen (secondary N) is 1. The second-order valence-corrected chi connectivity index (χ2v) is 5.61. The van der Waals surface area contributed by atoms with Crippen molar-refractivity contribution >= 4 is 38.3 Å². The summed E-state index contributed by atoms with van der Waals surface area (Å²) in [5.41, 5.74) is 6.20. The number of nitrogens with two attached hydrogens (primary N) is 1. The molecule has 6 heteroatoms. The van der Waals surface area contributed by atoms with Crippen LogP contribution >= 0.6 is 15.9 Å². The van der Waals surface area contributed by atoms with E-state index in [0.717, 1.165) is 4.47 Å². The summed E-state index contributed by atoms with van der Waals surface area (Å²) in [5.74, 6) is 0.155. The second-order valence-electron chi connectivity index (χ2n) is 3.15. The predicted octanol–water partition coefficient (Wildman–Crippen LogP) is 1.27. The third-order valence-corrected chi connectivity index (χ3v) is 3.93. The van der Waals surface area contributed by atoms with Gasteiger partial charge in [-0.2, -0.15) is 0 Å². The lowest BCUT2D eigenvalue weighted by atomic mass is 10.3. The Kier molecular flexibility index (Phi) is 4.95. The zero-order valence-electron chi connectivity index (χ0n) is 8.83. The summed E-state index contributed by atoms with van der Waals surface area (Å²) < 4.78 is 12.7. The minimum Gasteiger partial charge on any atom is -0.398 e. The van der Waals surface area contributed by atoms with Crippen LogP contribution in [0.15, 0.2) is 27.6 Å². The van der Waals surface area contributed by atoms with Crippen molar-refractivity contribution in [3.8, 4) is 0 Å². The molecule has 1 aromatic carbocycles. The lowest BCUT2D eigenvalue weighted by Crippen LogP contribution is -2.20. The number of carbonyl (C=O) groups excluding carboxylic acids is 1. The van der Waals surface area contributed by atoms with Gasteiger partial charge in [0.2, 0.25) is 5.91 Å². The van der Waals surface area contributed by atoms with Gasteiger partial charge in [-0.05, 0) is 18.2 Å². The number of hydrogen-bond donors (Lipinski definition) is 2. The van der Waals surface area contributed by atoms with Crippen molar-refractivity contribution in [1.29, 1.82) is 0 Å². The lowest BCUT2D eigenvalue weighted by molar-refractivity contribution is -0.120. The van der Waals surface area contributed by atoms with Crippen molar-refractivity contribution < 1.29 is 9.00 Å². The smallest absolute Gasteiger partial charge is 0.220 e. The van der Waals surface area contributed by atoms with Crippen LogP contribution in [0, 0.1) is 0 Å². The number of carbonyl (C=O) groups is 1.